The number of ether oxygens (including phenoxy) is 1. The molecule has 1 aromatic heterocycles. The van der Waals surface area contributed by atoms with Gasteiger partial charge in [0, 0.05) is 36.6 Å². The Kier molecular flexibility index (Phi) is 7.55. The van der Waals surface area contributed by atoms with Crippen molar-refractivity contribution < 1.29 is 9.53 Å². The molecule has 37 heavy (non-hydrogen) atoms. The van der Waals surface area contributed by atoms with Gasteiger partial charge in [-0.15, -0.1) is 0 Å². The minimum atomic E-state index is -0.184. The van der Waals surface area contributed by atoms with Crippen LogP contribution in [0, 0.1) is 31.6 Å². The number of benzene rings is 1. The Morgan fingerprint density at radius 2 is 1.92 bits per heavy atom. The van der Waals surface area contributed by atoms with Crippen molar-refractivity contribution in [2.45, 2.75) is 73.3 Å². The number of aryl methyl sites for hydroxylation is 2. The predicted molar refractivity (Wildman–Crippen MR) is 149 cm³/mol. The molecule has 7 heteroatoms. The number of carbonyl (C=O) groups is 1. The van der Waals surface area contributed by atoms with Crippen molar-refractivity contribution in [2.24, 2.45) is 22.7 Å². The number of H-pyrrole nitrogens is 1. The van der Waals surface area contributed by atoms with Crippen LogP contribution in [-0.4, -0.2) is 65.6 Å². The van der Waals surface area contributed by atoms with Gasteiger partial charge in [0.1, 0.15) is 5.69 Å². The molecule has 3 aliphatic rings. The highest BCUT2D eigenvalue weighted by Crippen LogP contribution is 2.53. The van der Waals surface area contributed by atoms with E-state index < -0.39 is 0 Å². The minimum absolute atomic E-state index is 0.134. The molecule has 1 aromatic carbocycles. The second kappa shape index (κ2) is 10.7. The Balaban J connectivity index is 1.47. The lowest BCUT2D eigenvalue weighted by Crippen LogP contribution is -2.51. The normalized spacial score (nSPS) is 24.4. The Morgan fingerprint density at radius 1 is 1.19 bits per heavy atom. The third-order valence-corrected chi connectivity index (χ3v) is 8.95. The highest BCUT2D eigenvalue weighted by molar-refractivity contribution is 6.03. The van der Waals surface area contributed by atoms with Crippen LogP contribution >= 0.6 is 0 Å². The molecule has 0 bridgehead atoms. The number of aliphatic imine (C=N–C) groups is 1. The summed E-state index contributed by atoms with van der Waals surface area (Å²) >= 11 is 0. The number of amides is 1. The zero-order valence-corrected chi connectivity index (χ0v) is 23.4. The number of rotatable bonds is 8. The topological polar surface area (TPSA) is 73.8 Å². The number of nitrogens with zero attached hydrogens (tertiary/aromatic N) is 4. The van der Waals surface area contributed by atoms with E-state index in [4.69, 9.17) is 14.8 Å². The largest absolute Gasteiger partial charge is 0.379 e. The zero-order valence-electron chi connectivity index (χ0n) is 23.4. The summed E-state index contributed by atoms with van der Waals surface area (Å²) in [5.74, 6) is 2.58. The molecule has 1 amide bonds. The second-order valence-electron chi connectivity index (χ2n) is 11.3. The van der Waals surface area contributed by atoms with Gasteiger partial charge in [0.15, 0.2) is 0 Å². The highest BCUT2D eigenvalue weighted by atomic mass is 16.5. The fourth-order valence-corrected chi connectivity index (χ4v) is 6.45. The first-order chi connectivity index (χ1) is 17.8. The lowest BCUT2D eigenvalue weighted by atomic mass is 9.93. The van der Waals surface area contributed by atoms with Crippen LogP contribution in [0.5, 0.6) is 0 Å². The van der Waals surface area contributed by atoms with Gasteiger partial charge in [0.05, 0.1) is 30.7 Å². The van der Waals surface area contributed by atoms with Crippen molar-refractivity contribution in [3.05, 3.63) is 40.2 Å². The number of anilines is 1. The maximum Gasteiger partial charge on any atom is 0.244 e. The third-order valence-electron chi connectivity index (χ3n) is 8.95. The summed E-state index contributed by atoms with van der Waals surface area (Å²) in [6.07, 6.45) is 4.13. The molecule has 1 saturated heterocycles. The van der Waals surface area contributed by atoms with Gasteiger partial charge in [-0.2, -0.15) is 5.10 Å². The van der Waals surface area contributed by atoms with Gasteiger partial charge >= 0.3 is 0 Å². The monoisotopic (exact) mass is 505 g/mol. The molecule has 200 valence electrons. The van der Waals surface area contributed by atoms with E-state index in [9.17, 15) is 4.79 Å². The minimum Gasteiger partial charge on any atom is -0.379 e. The Hall–Kier alpha value is -2.51. The van der Waals surface area contributed by atoms with Crippen LogP contribution in [0.1, 0.15) is 68.6 Å². The van der Waals surface area contributed by atoms with E-state index in [1.165, 1.54) is 11.3 Å². The van der Waals surface area contributed by atoms with Crippen LogP contribution in [-0.2, 0) is 22.4 Å². The first-order valence-corrected chi connectivity index (χ1v) is 14.2. The second-order valence-corrected chi connectivity index (χ2v) is 11.3. The smallest absolute Gasteiger partial charge is 0.244 e. The fraction of sp³-hybridized carbons (Fsp3) is 0.633. The van der Waals surface area contributed by atoms with Crippen molar-refractivity contribution >= 4 is 23.0 Å². The third kappa shape index (κ3) is 5.00. The zero-order chi connectivity index (χ0) is 26.3. The maximum absolute atomic E-state index is 13.6. The summed E-state index contributed by atoms with van der Waals surface area (Å²) in [6.45, 7) is 16.4. The molecule has 7 nitrogen and oxygen atoms in total. The molecule has 2 aliphatic carbocycles. The van der Waals surface area contributed by atoms with Gasteiger partial charge in [0.2, 0.25) is 5.91 Å². The number of hydrogen-bond donors (Lipinski definition) is 1. The number of likely N-dealkylation sites (N-methyl/N-ethyl adjacent to an activating group) is 1. The number of aromatic amines is 1. The molecule has 0 spiro atoms. The number of morpholine rings is 1. The summed E-state index contributed by atoms with van der Waals surface area (Å²) < 4.78 is 5.50. The van der Waals surface area contributed by atoms with Crippen LogP contribution in [0.2, 0.25) is 0 Å². The summed E-state index contributed by atoms with van der Waals surface area (Å²) in [4.78, 5) is 23.0. The quantitative estimate of drug-likeness (QED) is 0.512. The highest BCUT2D eigenvalue weighted by Gasteiger charge is 2.50. The van der Waals surface area contributed by atoms with Crippen molar-refractivity contribution in [3.8, 4) is 0 Å². The van der Waals surface area contributed by atoms with Crippen molar-refractivity contribution in [2.75, 3.05) is 37.7 Å². The van der Waals surface area contributed by atoms with Crippen molar-refractivity contribution in [3.63, 3.8) is 0 Å². The average Bonchev–Trinajstić information content (AvgIpc) is 3.33. The molecule has 2 heterocycles. The summed E-state index contributed by atoms with van der Waals surface area (Å²) in [6, 6.07) is 4.10. The van der Waals surface area contributed by atoms with Crippen LogP contribution < -0.4 is 4.90 Å². The SMILES string of the molecule is CCC/C(=N\c1cc(N(CC)C(=O)C(C)N2CCOCC2)c(C)cc1C)c1n[nH]c2c1CC1C(C2)[C@H]1C. The molecule has 0 radical (unpaired) electrons. The first-order valence-electron chi connectivity index (χ1n) is 14.2. The molecular formula is C30H43N5O2. The van der Waals surface area contributed by atoms with Gasteiger partial charge in [-0.05, 0) is 81.9 Å². The van der Waals surface area contributed by atoms with Crippen molar-refractivity contribution in [1.82, 2.24) is 15.1 Å². The summed E-state index contributed by atoms with van der Waals surface area (Å²) in [5.41, 5.74) is 8.91. The maximum atomic E-state index is 13.6. The molecule has 2 fully saturated rings. The first kappa shape index (κ1) is 26.1. The average molecular weight is 506 g/mol. The van der Waals surface area contributed by atoms with Gasteiger partial charge in [-0.1, -0.05) is 26.3 Å². The number of nitrogens with one attached hydrogen (secondary N) is 1. The van der Waals surface area contributed by atoms with Gasteiger partial charge < -0.3 is 9.64 Å². The molecule has 4 atom stereocenters. The number of hydrogen-bond acceptors (Lipinski definition) is 5. The fourth-order valence-electron chi connectivity index (χ4n) is 6.45. The van der Waals surface area contributed by atoms with Gasteiger partial charge in [-0.3, -0.25) is 19.8 Å². The summed E-state index contributed by atoms with van der Waals surface area (Å²) in [7, 11) is 0. The number of aromatic nitrogens is 2. The van der Waals surface area contributed by atoms with Crippen LogP contribution in [0.3, 0.4) is 0 Å². The number of fused-ring (bicyclic) bond motifs is 2. The summed E-state index contributed by atoms with van der Waals surface area (Å²) in [5, 5.41) is 8.13. The van der Waals surface area contributed by atoms with Crippen LogP contribution in [0.4, 0.5) is 11.4 Å². The molecule has 3 unspecified atom stereocenters. The molecule has 1 N–H and O–H groups in total. The molecular weight excluding hydrogens is 462 g/mol. The van der Waals surface area contributed by atoms with E-state index in [2.05, 4.69) is 56.8 Å². The molecule has 1 aliphatic heterocycles. The predicted octanol–water partition coefficient (Wildman–Crippen LogP) is 5.00. The lowest BCUT2D eigenvalue weighted by Gasteiger charge is -2.35. The van der Waals surface area contributed by atoms with E-state index in [1.807, 2.05) is 11.8 Å². The van der Waals surface area contributed by atoms with Crippen LogP contribution in [0.15, 0.2) is 17.1 Å². The van der Waals surface area contributed by atoms with Crippen molar-refractivity contribution in [1.29, 1.82) is 0 Å². The van der Waals surface area contributed by atoms with E-state index in [0.717, 1.165) is 90.4 Å². The van der Waals surface area contributed by atoms with E-state index in [1.54, 1.807) is 0 Å². The van der Waals surface area contributed by atoms with Gasteiger partial charge in [0.25, 0.3) is 0 Å². The van der Waals surface area contributed by atoms with Gasteiger partial charge in [-0.25, -0.2) is 0 Å². The van der Waals surface area contributed by atoms with Crippen LogP contribution in [0.25, 0.3) is 0 Å². The van der Waals surface area contributed by atoms with E-state index >= 15 is 0 Å². The lowest BCUT2D eigenvalue weighted by molar-refractivity contribution is -0.124. The van der Waals surface area contributed by atoms with E-state index in [-0.39, 0.29) is 11.9 Å². The molecule has 5 rings (SSSR count). The molecule has 1 saturated carbocycles. The standard InChI is InChI=1S/C30H43N5O2/c1-7-9-25(29-24-15-22-20(5)23(22)16-27(24)32-33-29)31-26-17-28(19(4)14-18(26)3)35(8-2)30(36)21(6)34-10-12-37-13-11-34/h14,17,20-23H,7-13,15-16H2,1-6H3,(H,32,33)/b31-25+/t20-,21?,22?,23?/m0/s1. The Bertz CT molecular complexity index is 1180. The molecule has 2 aromatic rings. The Morgan fingerprint density at radius 3 is 2.62 bits per heavy atom. The Labute approximate surface area is 221 Å². The number of carbonyl (C=O) groups excluding carboxylic acids is 1. The van der Waals surface area contributed by atoms with E-state index in [0.29, 0.717) is 19.8 Å².